The third-order valence-corrected chi connectivity index (χ3v) is 2.01. The van der Waals surface area contributed by atoms with Gasteiger partial charge >= 0.3 is 18.0 Å². The van der Waals surface area contributed by atoms with Gasteiger partial charge in [-0.05, 0) is 6.92 Å². The molecule has 104 valence electrons. The molecule has 0 bridgehead atoms. The highest BCUT2D eigenvalue weighted by atomic mass is 19.4. The van der Waals surface area contributed by atoms with Crippen LogP contribution in [-0.2, 0) is 4.74 Å². The molecule has 1 rings (SSSR count). The van der Waals surface area contributed by atoms with Crippen LogP contribution in [0.5, 0.6) is 5.75 Å². The molecule has 0 aliphatic heterocycles. The van der Waals surface area contributed by atoms with Crippen LogP contribution in [0.15, 0.2) is 6.20 Å². The van der Waals surface area contributed by atoms with Crippen LogP contribution in [-0.4, -0.2) is 29.3 Å². The van der Waals surface area contributed by atoms with Crippen LogP contribution >= 0.6 is 0 Å². The molecule has 0 saturated heterocycles. The number of nitro groups is 1. The van der Waals surface area contributed by atoms with Gasteiger partial charge in [-0.15, -0.1) is 13.2 Å². The van der Waals surface area contributed by atoms with E-state index in [0.717, 1.165) is 7.11 Å². The summed E-state index contributed by atoms with van der Waals surface area (Å²) in [7, 11) is 0.915. The number of aromatic nitrogens is 1. The second-order valence-electron chi connectivity index (χ2n) is 3.23. The monoisotopic (exact) mass is 280 g/mol. The van der Waals surface area contributed by atoms with Crippen molar-refractivity contribution in [3.63, 3.8) is 0 Å². The molecule has 1 aromatic rings. The number of halogens is 3. The summed E-state index contributed by atoms with van der Waals surface area (Å²) in [5, 5.41) is 10.6. The van der Waals surface area contributed by atoms with E-state index in [2.05, 4.69) is 14.5 Å². The van der Waals surface area contributed by atoms with E-state index in [1.54, 1.807) is 0 Å². The zero-order valence-electron chi connectivity index (χ0n) is 9.65. The molecule has 10 heteroatoms. The minimum atomic E-state index is -5.19. The number of rotatable bonds is 3. The highest BCUT2D eigenvalue weighted by molar-refractivity contribution is 5.95. The first-order chi connectivity index (χ1) is 8.67. The largest absolute Gasteiger partial charge is 0.573 e. The van der Waals surface area contributed by atoms with Crippen molar-refractivity contribution >= 4 is 11.7 Å². The SMILES string of the molecule is COC(=O)c1c(C)ncc([N+](=O)[O-])c1OC(F)(F)F. The highest BCUT2D eigenvalue weighted by Gasteiger charge is 2.38. The van der Waals surface area contributed by atoms with E-state index < -0.39 is 34.3 Å². The molecule has 0 spiro atoms. The van der Waals surface area contributed by atoms with E-state index in [1.165, 1.54) is 6.92 Å². The Labute approximate surface area is 104 Å². The molecule has 0 atom stereocenters. The summed E-state index contributed by atoms with van der Waals surface area (Å²) in [5.41, 5.74) is -2.01. The average molecular weight is 280 g/mol. The van der Waals surface area contributed by atoms with Crippen LogP contribution in [0.2, 0.25) is 0 Å². The van der Waals surface area contributed by atoms with Crippen LogP contribution in [0.4, 0.5) is 18.9 Å². The number of pyridine rings is 1. The van der Waals surface area contributed by atoms with E-state index in [9.17, 15) is 28.1 Å². The lowest BCUT2D eigenvalue weighted by atomic mass is 10.1. The number of carbonyl (C=O) groups is 1. The minimum Gasteiger partial charge on any atom is -0.465 e. The summed E-state index contributed by atoms with van der Waals surface area (Å²) in [6.07, 6.45) is -4.62. The predicted octanol–water partition coefficient (Wildman–Crippen LogP) is 1.98. The Morgan fingerprint density at radius 3 is 2.47 bits per heavy atom. The summed E-state index contributed by atoms with van der Waals surface area (Å²) >= 11 is 0. The Hall–Kier alpha value is -2.39. The molecule has 0 saturated carbocycles. The second kappa shape index (κ2) is 5.08. The first kappa shape index (κ1) is 14.7. The zero-order chi connectivity index (χ0) is 14.8. The van der Waals surface area contributed by atoms with E-state index in [0.29, 0.717) is 6.20 Å². The molecule has 0 aliphatic carbocycles. The number of nitrogens with zero attached hydrogens (tertiary/aromatic N) is 2. The average Bonchev–Trinajstić information content (AvgIpc) is 2.26. The van der Waals surface area contributed by atoms with Gasteiger partial charge in [0.05, 0.1) is 17.7 Å². The summed E-state index contributed by atoms with van der Waals surface area (Å²) in [6.45, 7) is 1.19. The summed E-state index contributed by atoms with van der Waals surface area (Å²) in [6, 6.07) is 0. The third kappa shape index (κ3) is 3.30. The number of alkyl halides is 3. The van der Waals surface area contributed by atoms with Gasteiger partial charge in [0.2, 0.25) is 5.75 Å². The molecular weight excluding hydrogens is 273 g/mol. The van der Waals surface area contributed by atoms with Gasteiger partial charge in [0.15, 0.2) is 0 Å². The van der Waals surface area contributed by atoms with Gasteiger partial charge in [-0.25, -0.2) is 4.79 Å². The van der Waals surface area contributed by atoms with Crippen molar-refractivity contribution in [2.24, 2.45) is 0 Å². The number of hydrogen-bond acceptors (Lipinski definition) is 6. The summed E-state index contributed by atoms with van der Waals surface area (Å²) in [4.78, 5) is 24.4. The standard InChI is InChI=1S/C9H7F3N2O5/c1-4-6(8(15)18-2)7(19-9(10,11)12)5(3-13-4)14(16)17/h3H,1-2H3. The van der Waals surface area contributed by atoms with Crippen molar-refractivity contribution in [1.82, 2.24) is 4.98 Å². The Morgan fingerprint density at radius 2 is 2.05 bits per heavy atom. The van der Waals surface area contributed by atoms with Gasteiger partial charge in [-0.1, -0.05) is 0 Å². The van der Waals surface area contributed by atoms with Crippen molar-refractivity contribution in [3.8, 4) is 5.75 Å². The Bertz CT molecular complexity index is 529. The normalized spacial score (nSPS) is 11.0. The fourth-order valence-electron chi connectivity index (χ4n) is 1.27. The second-order valence-corrected chi connectivity index (χ2v) is 3.23. The predicted molar refractivity (Wildman–Crippen MR) is 53.7 cm³/mol. The maximum Gasteiger partial charge on any atom is 0.573 e. The number of carbonyl (C=O) groups excluding carboxylic acids is 1. The first-order valence-electron chi connectivity index (χ1n) is 4.65. The van der Waals surface area contributed by atoms with Gasteiger partial charge in [-0.3, -0.25) is 15.1 Å². The van der Waals surface area contributed by atoms with Crippen LogP contribution in [0.1, 0.15) is 16.1 Å². The maximum absolute atomic E-state index is 12.2. The molecule has 0 fully saturated rings. The van der Waals surface area contributed by atoms with E-state index in [4.69, 9.17) is 0 Å². The molecule has 0 unspecified atom stereocenters. The fraction of sp³-hybridized carbons (Fsp3) is 0.333. The van der Waals surface area contributed by atoms with Crippen molar-refractivity contribution in [2.45, 2.75) is 13.3 Å². The Morgan fingerprint density at radius 1 is 1.47 bits per heavy atom. The molecule has 0 aliphatic rings. The van der Waals surface area contributed by atoms with Crippen molar-refractivity contribution < 1.29 is 32.4 Å². The maximum atomic E-state index is 12.2. The number of methoxy groups -OCH3 is 1. The molecule has 1 heterocycles. The van der Waals surface area contributed by atoms with Gasteiger partial charge < -0.3 is 9.47 Å². The van der Waals surface area contributed by atoms with Crippen LogP contribution in [0.3, 0.4) is 0 Å². The number of aryl methyl sites for hydroxylation is 1. The van der Waals surface area contributed by atoms with Gasteiger partial charge in [0.25, 0.3) is 0 Å². The lowest BCUT2D eigenvalue weighted by Gasteiger charge is -2.13. The molecule has 0 aromatic carbocycles. The lowest BCUT2D eigenvalue weighted by molar-refractivity contribution is -0.389. The topological polar surface area (TPSA) is 91.6 Å². The number of esters is 1. The van der Waals surface area contributed by atoms with Crippen LogP contribution in [0.25, 0.3) is 0 Å². The van der Waals surface area contributed by atoms with E-state index >= 15 is 0 Å². The molecule has 0 radical (unpaired) electrons. The molecule has 0 N–H and O–H groups in total. The van der Waals surface area contributed by atoms with Crippen LogP contribution in [0, 0.1) is 17.0 Å². The van der Waals surface area contributed by atoms with Gasteiger partial charge in [0.1, 0.15) is 11.8 Å². The fourth-order valence-corrected chi connectivity index (χ4v) is 1.27. The third-order valence-electron chi connectivity index (χ3n) is 2.01. The smallest absolute Gasteiger partial charge is 0.465 e. The molecule has 7 nitrogen and oxygen atoms in total. The van der Waals surface area contributed by atoms with Crippen molar-refractivity contribution in [3.05, 3.63) is 27.6 Å². The van der Waals surface area contributed by atoms with E-state index in [1.807, 2.05) is 0 Å². The summed E-state index contributed by atoms with van der Waals surface area (Å²) in [5.74, 6) is -2.45. The van der Waals surface area contributed by atoms with Gasteiger partial charge in [-0.2, -0.15) is 0 Å². The number of hydrogen-bond donors (Lipinski definition) is 0. The van der Waals surface area contributed by atoms with E-state index in [-0.39, 0.29) is 5.69 Å². The lowest BCUT2D eigenvalue weighted by Crippen LogP contribution is -2.21. The minimum absolute atomic E-state index is 0.184. The molecular formula is C9H7F3N2O5. The Kier molecular flexibility index (Phi) is 3.92. The van der Waals surface area contributed by atoms with Gasteiger partial charge in [0, 0.05) is 0 Å². The van der Waals surface area contributed by atoms with Crippen molar-refractivity contribution in [2.75, 3.05) is 7.11 Å². The Balaban J connectivity index is 3.54. The number of ether oxygens (including phenoxy) is 2. The van der Waals surface area contributed by atoms with Crippen molar-refractivity contribution in [1.29, 1.82) is 0 Å². The quantitative estimate of drug-likeness (QED) is 0.477. The molecule has 19 heavy (non-hydrogen) atoms. The molecule has 0 amide bonds. The van der Waals surface area contributed by atoms with Crippen LogP contribution < -0.4 is 4.74 Å². The first-order valence-corrected chi connectivity index (χ1v) is 4.65. The summed E-state index contributed by atoms with van der Waals surface area (Å²) < 4.78 is 44.5. The zero-order valence-corrected chi connectivity index (χ0v) is 9.65. The highest BCUT2D eigenvalue weighted by Crippen LogP contribution is 2.36. The molecule has 1 aromatic heterocycles.